The Labute approximate surface area is 151 Å². The monoisotopic (exact) mass is 356 g/mol. The number of benzene rings is 2. The van der Waals surface area contributed by atoms with E-state index < -0.39 is 30.1 Å². The lowest BCUT2D eigenvalue weighted by atomic mass is 10.2. The number of hydrogen-bond acceptors (Lipinski definition) is 6. The molecule has 0 fully saturated rings. The van der Waals surface area contributed by atoms with E-state index in [1.807, 2.05) is 30.3 Å². The fourth-order valence-electron chi connectivity index (χ4n) is 2.02. The van der Waals surface area contributed by atoms with Crippen molar-refractivity contribution in [3.05, 3.63) is 71.8 Å². The highest BCUT2D eigenvalue weighted by atomic mass is 16.6. The molecular weight excluding hydrogens is 336 g/mol. The Hall–Kier alpha value is -3.15. The molecule has 0 bridgehead atoms. The Morgan fingerprint density at radius 1 is 0.769 bits per heavy atom. The molecule has 2 aromatic carbocycles. The van der Waals surface area contributed by atoms with Crippen molar-refractivity contribution in [1.82, 2.24) is 0 Å². The van der Waals surface area contributed by atoms with Gasteiger partial charge in [0.05, 0.1) is 5.56 Å². The standard InChI is InChI=1S/C20H20O6/c1-14(18(21)24-13-16-9-5-3-6-10-16)25-19(22)15(2)26-20(23)17-11-7-4-8-12-17/h3-12,14-15H,13H2,1-2H3/t14-,15+/m1/s1. The Kier molecular flexibility index (Phi) is 6.91. The number of hydrogen-bond donors (Lipinski definition) is 0. The van der Waals surface area contributed by atoms with Crippen molar-refractivity contribution in [2.75, 3.05) is 0 Å². The van der Waals surface area contributed by atoms with E-state index in [9.17, 15) is 14.4 Å². The summed E-state index contributed by atoms with van der Waals surface area (Å²) in [4.78, 5) is 35.8. The molecule has 0 N–H and O–H groups in total. The van der Waals surface area contributed by atoms with Crippen molar-refractivity contribution in [3.8, 4) is 0 Å². The minimum Gasteiger partial charge on any atom is -0.458 e. The summed E-state index contributed by atoms with van der Waals surface area (Å²) < 4.78 is 15.1. The molecule has 0 amide bonds. The van der Waals surface area contributed by atoms with Crippen LogP contribution in [-0.4, -0.2) is 30.1 Å². The Morgan fingerprint density at radius 3 is 1.92 bits per heavy atom. The highest BCUT2D eigenvalue weighted by molar-refractivity contribution is 5.91. The third kappa shape index (κ3) is 5.73. The van der Waals surface area contributed by atoms with Gasteiger partial charge in [-0.25, -0.2) is 14.4 Å². The lowest BCUT2D eigenvalue weighted by Gasteiger charge is -2.16. The lowest BCUT2D eigenvalue weighted by Crippen LogP contribution is -2.33. The zero-order valence-corrected chi connectivity index (χ0v) is 14.6. The van der Waals surface area contributed by atoms with E-state index in [1.165, 1.54) is 13.8 Å². The van der Waals surface area contributed by atoms with Crippen molar-refractivity contribution in [2.24, 2.45) is 0 Å². The van der Waals surface area contributed by atoms with Gasteiger partial charge in [0.1, 0.15) is 6.61 Å². The fraction of sp³-hybridized carbons (Fsp3) is 0.250. The molecule has 0 aromatic heterocycles. The summed E-state index contributed by atoms with van der Waals surface area (Å²) in [5, 5.41) is 0. The number of carbonyl (C=O) groups is 3. The van der Waals surface area contributed by atoms with Crippen LogP contribution in [0.1, 0.15) is 29.8 Å². The normalized spacial score (nSPS) is 12.5. The molecule has 0 unspecified atom stereocenters. The van der Waals surface area contributed by atoms with Crippen LogP contribution in [0.15, 0.2) is 60.7 Å². The SMILES string of the molecule is C[C@H](OC(=O)c1ccccc1)C(=O)O[C@H](C)C(=O)OCc1ccccc1. The Bertz CT molecular complexity index is 741. The second-order valence-corrected chi connectivity index (χ2v) is 5.59. The second-order valence-electron chi connectivity index (χ2n) is 5.59. The first kappa shape index (κ1) is 19.2. The van der Waals surface area contributed by atoms with Crippen LogP contribution in [0.4, 0.5) is 0 Å². The van der Waals surface area contributed by atoms with Crippen molar-refractivity contribution in [1.29, 1.82) is 0 Å². The van der Waals surface area contributed by atoms with Gasteiger partial charge in [0.2, 0.25) is 0 Å². The van der Waals surface area contributed by atoms with Crippen LogP contribution < -0.4 is 0 Å². The van der Waals surface area contributed by atoms with Gasteiger partial charge in [-0.3, -0.25) is 0 Å². The predicted octanol–water partition coefficient (Wildman–Crippen LogP) is 2.91. The van der Waals surface area contributed by atoms with Crippen LogP contribution in [0.5, 0.6) is 0 Å². The van der Waals surface area contributed by atoms with Crippen LogP contribution >= 0.6 is 0 Å². The summed E-state index contributed by atoms with van der Waals surface area (Å²) in [5.74, 6) is -2.14. The average molecular weight is 356 g/mol. The molecule has 0 heterocycles. The van der Waals surface area contributed by atoms with Gasteiger partial charge in [0.15, 0.2) is 12.2 Å². The largest absolute Gasteiger partial charge is 0.458 e. The van der Waals surface area contributed by atoms with Crippen molar-refractivity contribution >= 4 is 17.9 Å². The summed E-state index contributed by atoms with van der Waals surface area (Å²) in [7, 11) is 0. The third-order valence-corrected chi connectivity index (χ3v) is 3.47. The quantitative estimate of drug-likeness (QED) is 0.561. The molecule has 0 aliphatic heterocycles. The number of carbonyl (C=O) groups excluding carboxylic acids is 3. The van der Waals surface area contributed by atoms with Crippen LogP contribution in [0.25, 0.3) is 0 Å². The van der Waals surface area contributed by atoms with Crippen LogP contribution in [-0.2, 0) is 30.4 Å². The molecule has 6 nitrogen and oxygen atoms in total. The van der Waals surface area contributed by atoms with Gasteiger partial charge in [-0.2, -0.15) is 0 Å². The maximum Gasteiger partial charge on any atom is 0.348 e. The first-order valence-electron chi connectivity index (χ1n) is 8.14. The topological polar surface area (TPSA) is 78.9 Å². The van der Waals surface area contributed by atoms with E-state index in [4.69, 9.17) is 14.2 Å². The molecule has 0 saturated heterocycles. The molecule has 0 saturated carbocycles. The van der Waals surface area contributed by atoms with Crippen LogP contribution in [0.3, 0.4) is 0 Å². The van der Waals surface area contributed by atoms with Crippen molar-refractivity contribution in [3.63, 3.8) is 0 Å². The first-order chi connectivity index (χ1) is 12.5. The van der Waals surface area contributed by atoms with E-state index in [-0.39, 0.29) is 6.61 Å². The van der Waals surface area contributed by atoms with Gasteiger partial charge < -0.3 is 14.2 Å². The predicted molar refractivity (Wildman–Crippen MR) is 93.1 cm³/mol. The number of esters is 3. The average Bonchev–Trinajstić information content (AvgIpc) is 2.67. The van der Waals surface area contributed by atoms with E-state index in [2.05, 4.69) is 0 Å². The second kappa shape index (κ2) is 9.36. The van der Waals surface area contributed by atoms with Crippen molar-refractivity contribution < 1.29 is 28.6 Å². The van der Waals surface area contributed by atoms with E-state index in [0.29, 0.717) is 5.56 Å². The molecule has 2 atom stereocenters. The fourth-order valence-corrected chi connectivity index (χ4v) is 2.02. The van der Waals surface area contributed by atoms with Crippen LogP contribution in [0, 0.1) is 0 Å². The zero-order valence-electron chi connectivity index (χ0n) is 14.6. The van der Waals surface area contributed by atoms with Crippen molar-refractivity contribution in [2.45, 2.75) is 32.7 Å². The first-order valence-corrected chi connectivity index (χ1v) is 8.14. The highest BCUT2D eigenvalue weighted by Crippen LogP contribution is 2.08. The summed E-state index contributed by atoms with van der Waals surface area (Å²) in [6.45, 7) is 2.86. The van der Waals surface area contributed by atoms with Crippen LogP contribution in [0.2, 0.25) is 0 Å². The van der Waals surface area contributed by atoms with Gasteiger partial charge in [-0.15, -0.1) is 0 Å². The summed E-state index contributed by atoms with van der Waals surface area (Å²) >= 11 is 0. The Balaban J connectivity index is 1.79. The van der Waals surface area contributed by atoms with Gasteiger partial charge >= 0.3 is 17.9 Å². The van der Waals surface area contributed by atoms with E-state index >= 15 is 0 Å². The molecule has 6 heteroatoms. The molecule has 0 spiro atoms. The third-order valence-electron chi connectivity index (χ3n) is 3.47. The lowest BCUT2D eigenvalue weighted by molar-refractivity contribution is -0.172. The van der Waals surface area contributed by atoms with Gasteiger partial charge in [0.25, 0.3) is 0 Å². The van der Waals surface area contributed by atoms with E-state index in [1.54, 1.807) is 30.3 Å². The van der Waals surface area contributed by atoms with Gasteiger partial charge in [0, 0.05) is 0 Å². The number of ether oxygens (including phenoxy) is 3. The summed E-state index contributed by atoms with van der Waals surface area (Å²) in [6.07, 6.45) is -2.25. The summed E-state index contributed by atoms with van der Waals surface area (Å²) in [6, 6.07) is 17.4. The zero-order chi connectivity index (χ0) is 18.9. The Morgan fingerprint density at radius 2 is 1.31 bits per heavy atom. The minimum atomic E-state index is -1.15. The molecule has 0 aliphatic carbocycles. The maximum atomic E-state index is 12.0. The van der Waals surface area contributed by atoms with Gasteiger partial charge in [-0.05, 0) is 31.5 Å². The van der Waals surface area contributed by atoms with E-state index in [0.717, 1.165) is 5.56 Å². The molecule has 2 aromatic rings. The summed E-state index contributed by atoms with van der Waals surface area (Å²) in [5.41, 5.74) is 1.15. The molecule has 0 radical (unpaired) electrons. The minimum absolute atomic E-state index is 0.0834. The molecular formula is C20H20O6. The molecule has 0 aliphatic rings. The molecule has 2 rings (SSSR count). The smallest absolute Gasteiger partial charge is 0.348 e. The highest BCUT2D eigenvalue weighted by Gasteiger charge is 2.25. The maximum absolute atomic E-state index is 12.0. The molecule has 136 valence electrons. The number of rotatable bonds is 7. The molecule has 26 heavy (non-hydrogen) atoms. The van der Waals surface area contributed by atoms with Gasteiger partial charge in [-0.1, -0.05) is 48.5 Å².